The van der Waals surface area contributed by atoms with Crippen LogP contribution in [-0.2, 0) is 10.0 Å². The summed E-state index contributed by atoms with van der Waals surface area (Å²) in [6, 6.07) is 8.12. The monoisotopic (exact) mass is 429 g/mol. The summed E-state index contributed by atoms with van der Waals surface area (Å²) in [6.45, 7) is 0.308. The summed E-state index contributed by atoms with van der Waals surface area (Å²) in [5, 5.41) is 13.7. The fourth-order valence-corrected chi connectivity index (χ4v) is 4.72. The molecule has 1 saturated heterocycles. The number of hydrogen-bond donors (Lipinski definition) is 1. The Hall–Kier alpha value is -2.36. The number of benzene rings is 2. The minimum Gasteiger partial charge on any atom is -0.322 e. The van der Waals surface area contributed by atoms with Crippen LogP contribution in [0.3, 0.4) is 0 Å². The molecule has 8 nitrogen and oxygen atoms in total. The first kappa shape index (κ1) is 19.4. The average molecular weight is 430 g/mol. The molecule has 11 heteroatoms. The number of nitro benzene ring substituents is 1. The third kappa shape index (κ3) is 4.00. The number of carbonyl (C=O) groups excluding carboxylic acids is 1. The molecule has 3 rings (SSSR count). The predicted octanol–water partition coefficient (Wildman–Crippen LogP) is 3.69. The van der Waals surface area contributed by atoms with E-state index in [1.54, 1.807) is 0 Å². The van der Waals surface area contributed by atoms with Gasteiger partial charge in [0.15, 0.2) is 0 Å². The quantitative estimate of drug-likeness (QED) is 0.588. The zero-order valence-corrected chi connectivity index (χ0v) is 16.0. The summed E-state index contributed by atoms with van der Waals surface area (Å²) >= 11 is 11.9. The van der Waals surface area contributed by atoms with Crippen molar-refractivity contribution in [3.8, 4) is 0 Å². The van der Waals surface area contributed by atoms with Crippen LogP contribution < -0.4 is 9.62 Å². The number of nitro groups is 1. The summed E-state index contributed by atoms with van der Waals surface area (Å²) < 4.78 is 25.4. The molecule has 0 radical (unpaired) electrons. The van der Waals surface area contributed by atoms with E-state index in [-0.39, 0.29) is 32.7 Å². The van der Waals surface area contributed by atoms with Gasteiger partial charge in [-0.3, -0.25) is 19.2 Å². The Balaban J connectivity index is 1.88. The van der Waals surface area contributed by atoms with E-state index in [1.807, 2.05) is 0 Å². The second kappa shape index (κ2) is 7.34. The predicted molar refractivity (Wildman–Crippen MR) is 103 cm³/mol. The van der Waals surface area contributed by atoms with Gasteiger partial charge in [0.2, 0.25) is 10.0 Å². The third-order valence-electron chi connectivity index (χ3n) is 3.98. The van der Waals surface area contributed by atoms with Gasteiger partial charge in [0.1, 0.15) is 5.02 Å². The largest absolute Gasteiger partial charge is 0.322 e. The first-order valence-electron chi connectivity index (χ1n) is 7.74. The fraction of sp³-hybridized carbons (Fsp3) is 0.188. The van der Waals surface area contributed by atoms with Crippen LogP contribution in [0, 0.1) is 10.1 Å². The molecule has 142 valence electrons. The smallest absolute Gasteiger partial charge is 0.288 e. The maximum atomic E-state index is 12.4. The molecule has 1 aliphatic rings. The highest BCUT2D eigenvalue weighted by Gasteiger charge is 2.30. The van der Waals surface area contributed by atoms with Gasteiger partial charge in [-0.25, -0.2) is 8.42 Å². The van der Waals surface area contributed by atoms with Gasteiger partial charge in [0, 0.05) is 23.9 Å². The van der Waals surface area contributed by atoms with Crippen molar-refractivity contribution in [2.45, 2.75) is 6.42 Å². The molecule has 1 fully saturated rings. The summed E-state index contributed by atoms with van der Waals surface area (Å²) in [6.07, 6.45) is 0.490. The Morgan fingerprint density at radius 2 is 1.85 bits per heavy atom. The molecule has 2 aromatic rings. The van der Waals surface area contributed by atoms with Crippen LogP contribution in [-0.4, -0.2) is 31.5 Å². The highest BCUT2D eigenvalue weighted by molar-refractivity contribution is 7.93. The molecule has 0 aliphatic carbocycles. The Kier molecular flexibility index (Phi) is 5.27. The van der Waals surface area contributed by atoms with Gasteiger partial charge >= 0.3 is 0 Å². The molecule has 1 aliphatic heterocycles. The average Bonchev–Trinajstić information content (AvgIpc) is 2.95. The van der Waals surface area contributed by atoms with Gasteiger partial charge in [-0.15, -0.1) is 0 Å². The van der Waals surface area contributed by atoms with Crippen LogP contribution in [0.5, 0.6) is 0 Å². The van der Waals surface area contributed by atoms with Gasteiger partial charge in [-0.2, -0.15) is 0 Å². The molecule has 0 unspecified atom stereocenters. The number of hydrogen-bond acceptors (Lipinski definition) is 5. The van der Waals surface area contributed by atoms with E-state index < -0.39 is 20.9 Å². The van der Waals surface area contributed by atoms with Crippen molar-refractivity contribution in [3.05, 3.63) is 62.1 Å². The van der Waals surface area contributed by atoms with Crippen molar-refractivity contribution in [1.29, 1.82) is 0 Å². The van der Waals surface area contributed by atoms with Gasteiger partial charge < -0.3 is 5.32 Å². The molecule has 27 heavy (non-hydrogen) atoms. The Morgan fingerprint density at radius 3 is 2.48 bits per heavy atom. The summed E-state index contributed by atoms with van der Waals surface area (Å²) in [7, 11) is -3.43. The number of amides is 1. The number of halogens is 2. The van der Waals surface area contributed by atoms with Gasteiger partial charge in [-0.1, -0.05) is 23.2 Å². The van der Waals surface area contributed by atoms with Crippen LogP contribution in [0.15, 0.2) is 36.4 Å². The molecular weight excluding hydrogens is 417 g/mol. The lowest BCUT2D eigenvalue weighted by Gasteiger charge is -2.19. The van der Waals surface area contributed by atoms with E-state index in [0.29, 0.717) is 18.7 Å². The van der Waals surface area contributed by atoms with E-state index >= 15 is 0 Å². The lowest BCUT2D eigenvalue weighted by atomic mass is 10.2. The third-order valence-corrected chi connectivity index (χ3v) is 6.47. The number of rotatable bonds is 4. The number of nitrogens with one attached hydrogen (secondary N) is 1. The second-order valence-corrected chi connectivity index (χ2v) is 8.61. The first-order chi connectivity index (χ1) is 12.7. The van der Waals surface area contributed by atoms with Crippen molar-refractivity contribution in [2.75, 3.05) is 21.9 Å². The van der Waals surface area contributed by atoms with Crippen LogP contribution in [0.1, 0.15) is 16.8 Å². The van der Waals surface area contributed by atoms with Gasteiger partial charge in [0.05, 0.1) is 21.4 Å². The molecule has 0 bridgehead atoms. The second-order valence-electron chi connectivity index (χ2n) is 5.79. The molecule has 1 amide bonds. The maximum absolute atomic E-state index is 12.4. The molecule has 2 aromatic carbocycles. The maximum Gasteiger partial charge on any atom is 0.288 e. The van der Waals surface area contributed by atoms with Crippen molar-refractivity contribution in [1.82, 2.24) is 0 Å². The SMILES string of the molecule is O=C(Nc1ccc(Cl)c(N2CCCS2(=O)=O)c1)c1ccc(Cl)c([N+](=O)[O-])c1. The minimum atomic E-state index is -3.43. The molecule has 0 aromatic heterocycles. The topological polar surface area (TPSA) is 110 Å². The Bertz CT molecular complexity index is 1040. The van der Waals surface area contributed by atoms with Crippen LogP contribution in [0.25, 0.3) is 0 Å². The fourth-order valence-electron chi connectivity index (χ4n) is 2.69. The van der Waals surface area contributed by atoms with Crippen LogP contribution >= 0.6 is 23.2 Å². The lowest BCUT2D eigenvalue weighted by molar-refractivity contribution is -0.384. The summed E-state index contributed by atoms with van der Waals surface area (Å²) in [5.41, 5.74) is 0.230. The van der Waals surface area contributed by atoms with Gasteiger partial charge in [-0.05, 0) is 36.8 Å². The summed E-state index contributed by atoms with van der Waals surface area (Å²) in [4.78, 5) is 22.7. The number of carbonyl (C=O) groups is 1. The van der Waals surface area contributed by atoms with E-state index in [9.17, 15) is 23.3 Å². The van der Waals surface area contributed by atoms with Crippen molar-refractivity contribution in [3.63, 3.8) is 0 Å². The van der Waals surface area contributed by atoms with Crippen molar-refractivity contribution >= 4 is 56.2 Å². The number of nitrogens with zero attached hydrogens (tertiary/aromatic N) is 2. The normalized spacial score (nSPS) is 15.6. The lowest BCUT2D eigenvalue weighted by Crippen LogP contribution is -2.25. The number of anilines is 2. The molecule has 1 heterocycles. The van der Waals surface area contributed by atoms with Crippen molar-refractivity contribution < 1.29 is 18.1 Å². The van der Waals surface area contributed by atoms with Gasteiger partial charge in [0.25, 0.3) is 11.6 Å². The first-order valence-corrected chi connectivity index (χ1v) is 10.1. The van der Waals surface area contributed by atoms with E-state index in [4.69, 9.17) is 23.2 Å². The number of sulfonamides is 1. The zero-order chi connectivity index (χ0) is 19.8. The van der Waals surface area contributed by atoms with Crippen LogP contribution in [0.4, 0.5) is 17.1 Å². The highest BCUT2D eigenvalue weighted by Crippen LogP contribution is 2.34. The molecule has 0 saturated carbocycles. The molecule has 1 N–H and O–H groups in total. The minimum absolute atomic E-state index is 0.0361. The van der Waals surface area contributed by atoms with E-state index in [0.717, 1.165) is 6.07 Å². The van der Waals surface area contributed by atoms with Crippen molar-refractivity contribution in [2.24, 2.45) is 0 Å². The molecule has 0 atom stereocenters. The molecular formula is C16H13Cl2N3O5S. The standard InChI is InChI=1S/C16H13Cl2N3O5S/c17-12-5-3-11(9-14(12)20-6-1-7-27(20,25)26)19-16(22)10-2-4-13(18)15(8-10)21(23)24/h2-5,8-9H,1,6-7H2,(H,19,22). The Labute approximate surface area is 164 Å². The van der Waals surface area contributed by atoms with E-state index in [2.05, 4.69) is 5.32 Å². The highest BCUT2D eigenvalue weighted by atomic mass is 35.5. The zero-order valence-electron chi connectivity index (χ0n) is 13.7. The van der Waals surface area contributed by atoms with Crippen LogP contribution in [0.2, 0.25) is 10.0 Å². The van der Waals surface area contributed by atoms with E-state index in [1.165, 1.54) is 34.6 Å². The Morgan fingerprint density at radius 1 is 1.15 bits per heavy atom. The molecule has 0 spiro atoms. The summed E-state index contributed by atoms with van der Waals surface area (Å²) in [5.74, 6) is -0.568.